The predicted molar refractivity (Wildman–Crippen MR) is 69.3 cm³/mol. The van der Waals surface area contributed by atoms with Crippen molar-refractivity contribution in [3.8, 4) is 0 Å². The van der Waals surface area contributed by atoms with Crippen LogP contribution in [-0.2, 0) is 11.2 Å². The van der Waals surface area contributed by atoms with Crippen LogP contribution in [0.4, 0.5) is 0 Å². The molecular weight excluding hydrogens is 230 g/mol. The van der Waals surface area contributed by atoms with E-state index < -0.39 is 6.10 Å². The van der Waals surface area contributed by atoms with E-state index >= 15 is 0 Å². The van der Waals surface area contributed by atoms with Crippen LogP contribution >= 0.6 is 0 Å². The molecule has 0 bridgehead atoms. The molecule has 4 nitrogen and oxygen atoms in total. The summed E-state index contributed by atoms with van der Waals surface area (Å²) in [5, 5.41) is 12.7. The van der Waals surface area contributed by atoms with Crippen LogP contribution in [0.1, 0.15) is 18.1 Å². The number of rotatable bonds is 4. The summed E-state index contributed by atoms with van der Waals surface area (Å²) in [5.41, 5.74) is 2.80. The number of furan rings is 1. The first-order valence-electron chi connectivity index (χ1n) is 5.98. The van der Waals surface area contributed by atoms with E-state index in [1.54, 1.807) is 13.2 Å². The highest BCUT2D eigenvalue weighted by Gasteiger charge is 2.10. The smallest absolute Gasteiger partial charge is 0.224 e. The Morgan fingerprint density at radius 2 is 2.28 bits per heavy atom. The van der Waals surface area contributed by atoms with Gasteiger partial charge in [0.05, 0.1) is 18.8 Å². The van der Waals surface area contributed by atoms with Crippen molar-refractivity contribution in [1.29, 1.82) is 0 Å². The second kappa shape index (κ2) is 5.23. The zero-order valence-electron chi connectivity index (χ0n) is 10.6. The number of hydrogen-bond donors (Lipinski definition) is 2. The van der Waals surface area contributed by atoms with Gasteiger partial charge in [0, 0.05) is 17.5 Å². The van der Waals surface area contributed by atoms with E-state index in [1.807, 2.05) is 25.1 Å². The fraction of sp³-hybridized carbons (Fsp3) is 0.357. The Kier molecular flexibility index (Phi) is 3.67. The summed E-state index contributed by atoms with van der Waals surface area (Å²) in [6.45, 7) is 3.91. The number of aliphatic hydroxyl groups is 1. The average molecular weight is 247 g/mol. The van der Waals surface area contributed by atoms with Crippen molar-refractivity contribution in [2.75, 3.05) is 6.54 Å². The van der Waals surface area contributed by atoms with E-state index in [1.165, 1.54) is 0 Å². The first-order valence-corrected chi connectivity index (χ1v) is 5.98. The summed E-state index contributed by atoms with van der Waals surface area (Å²) >= 11 is 0. The molecule has 0 radical (unpaired) electrons. The van der Waals surface area contributed by atoms with Crippen molar-refractivity contribution in [3.63, 3.8) is 0 Å². The highest BCUT2D eigenvalue weighted by molar-refractivity contribution is 5.87. The lowest BCUT2D eigenvalue weighted by molar-refractivity contribution is -0.120. The summed E-state index contributed by atoms with van der Waals surface area (Å²) < 4.78 is 5.40. The van der Waals surface area contributed by atoms with E-state index in [0.29, 0.717) is 0 Å². The summed E-state index contributed by atoms with van der Waals surface area (Å²) in [5.74, 6) is -0.111. The number of amides is 1. The van der Waals surface area contributed by atoms with Crippen LogP contribution in [0.3, 0.4) is 0 Å². The van der Waals surface area contributed by atoms with Crippen molar-refractivity contribution in [2.24, 2.45) is 0 Å². The molecule has 0 aliphatic heterocycles. The SMILES string of the molecule is Cc1ccc2occ(CC(=O)NCC(C)O)c2c1. The second-order valence-electron chi connectivity index (χ2n) is 4.59. The number of aryl methyl sites for hydroxylation is 1. The highest BCUT2D eigenvalue weighted by atomic mass is 16.3. The number of fused-ring (bicyclic) bond motifs is 1. The summed E-state index contributed by atoms with van der Waals surface area (Å²) in [7, 11) is 0. The van der Waals surface area contributed by atoms with Gasteiger partial charge in [0.1, 0.15) is 5.58 Å². The van der Waals surface area contributed by atoms with Crippen molar-refractivity contribution < 1.29 is 14.3 Å². The van der Waals surface area contributed by atoms with Gasteiger partial charge in [-0.05, 0) is 26.0 Å². The fourth-order valence-corrected chi connectivity index (χ4v) is 1.83. The Morgan fingerprint density at radius 1 is 1.50 bits per heavy atom. The molecule has 1 atom stereocenters. The third kappa shape index (κ3) is 2.90. The average Bonchev–Trinajstić information content (AvgIpc) is 2.69. The largest absolute Gasteiger partial charge is 0.464 e. The van der Waals surface area contributed by atoms with E-state index in [9.17, 15) is 4.79 Å². The lowest BCUT2D eigenvalue weighted by Gasteiger charge is -2.06. The fourth-order valence-electron chi connectivity index (χ4n) is 1.83. The van der Waals surface area contributed by atoms with Crippen molar-refractivity contribution in [2.45, 2.75) is 26.4 Å². The molecule has 2 aromatic rings. The first kappa shape index (κ1) is 12.6. The van der Waals surface area contributed by atoms with Gasteiger partial charge in [-0.3, -0.25) is 4.79 Å². The molecule has 0 fully saturated rings. The van der Waals surface area contributed by atoms with Gasteiger partial charge >= 0.3 is 0 Å². The topological polar surface area (TPSA) is 62.5 Å². The third-order valence-corrected chi connectivity index (χ3v) is 2.75. The van der Waals surface area contributed by atoms with E-state index in [2.05, 4.69) is 5.32 Å². The lowest BCUT2D eigenvalue weighted by Crippen LogP contribution is -2.31. The highest BCUT2D eigenvalue weighted by Crippen LogP contribution is 2.22. The van der Waals surface area contributed by atoms with Crippen LogP contribution in [0.5, 0.6) is 0 Å². The first-order chi connectivity index (χ1) is 8.56. The minimum absolute atomic E-state index is 0.111. The molecule has 96 valence electrons. The number of nitrogens with one attached hydrogen (secondary N) is 1. The molecule has 2 N–H and O–H groups in total. The molecule has 0 aliphatic carbocycles. The van der Waals surface area contributed by atoms with Gasteiger partial charge in [0.15, 0.2) is 0 Å². The number of benzene rings is 1. The van der Waals surface area contributed by atoms with Crippen molar-refractivity contribution >= 4 is 16.9 Å². The molecule has 0 saturated heterocycles. The van der Waals surface area contributed by atoms with Gasteiger partial charge in [0.2, 0.25) is 5.91 Å². The molecule has 1 aromatic carbocycles. The number of carbonyl (C=O) groups is 1. The molecule has 1 aromatic heterocycles. The van der Waals surface area contributed by atoms with E-state index in [4.69, 9.17) is 9.52 Å². The minimum Gasteiger partial charge on any atom is -0.464 e. The molecule has 4 heteroatoms. The molecule has 1 amide bonds. The van der Waals surface area contributed by atoms with Gasteiger partial charge in [-0.2, -0.15) is 0 Å². The van der Waals surface area contributed by atoms with Crippen LogP contribution < -0.4 is 5.32 Å². The van der Waals surface area contributed by atoms with Gasteiger partial charge in [-0.1, -0.05) is 11.6 Å². The monoisotopic (exact) mass is 247 g/mol. The third-order valence-electron chi connectivity index (χ3n) is 2.75. The molecule has 18 heavy (non-hydrogen) atoms. The summed E-state index contributed by atoms with van der Waals surface area (Å²) in [6.07, 6.45) is 1.35. The summed E-state index contributed by atoms with van der Waals surface area (Å²) in [6, 6.07) is 5.89. The van der Waals surface area contributed by atoms with Gasteiger partial charge < -0.3 is 14.8 Å². The van der Waals surface area contributed by atoms with Crippen molar-refractivity contribution in [1.82, 2.24) is 5.32 Å². The quantitative estimate of drug-likeness (QED) is 0.865. The Morgan fingerprint density at radius 3 is 3.00 bits per heavy atom. The molecule has 0 saturated carbocycles. The maximum atomic E-state index is 11.7. The molecule has 1 unspecified atom stereocenters. The van der Waals surface area contributed by atoms with Crippen LogP contribution in [0.15, 0.2) is 28.9 Å². The number of hydrogen-bond acceptors (Lipinski definition) is 3. The van der Waals surface area contributed by atoms with Crippen molar-refractivity contribution in [3.05, 3.63) is 35.6 Å². The number of aliphatic hydroxyl groups excluding tert-OH is 1. The standard InChI is InChI=1S/C14H17NO3/c1-9-3-4-13-12(5-9)11(8-18-13)6-14(17)15-7-10(2)16/h3-5,8,10,16H,6-7H2,1-2H3,(H,15,17). The minimum atomic E-state index is -0.530. The Hall–Kier alpha value is -1.81. The van der Waals surface area contributed by atoms with E-state index in [0.717, 1.165) is 22.1 Å². The molecule has 1 heterocycles. The van der Waals surface area contributed by atoms with Gasteiger partial charge in [-0.25, -0.2) is 0 Å². The molecule has 0 spiro atoms. The summed E-state index contributed by atoms with van der Waals surface area (Å²) in [4.78, 5) is 11.7. The Bertz CT molecular complexity index is 557. The maximum absolute atomic E-state index is 11.7. The van der Waals surface area contributed by atoms with Crippen LogP contribution in [0.2, 0.25) is 0 Å². The zero-order chi connectivity index (χ0) is 13.1. The van der Waals surface area contributed by atoms with Crippen LogP contribution in [-0.4, -0.2) is 23.7 Å². The molecular formula is C14H17NO3. The second-order valence-corrected chi connectivity index (χ2v) is 4.59. The maximum Gasteiger partial charge on any atom is 0.224 e. The predicted octanol–water partition coefficient (Wildman–Crippen LogP) is 1.78. The Labute approximate surface area is 106 Å². The van der Waals surface area contributed by atoms with Gasteiger partial charge in [-0.15, -0.1) is 0 Å². The zero-order valence-corrected chi connectivity index (χ0v) is 10.6. The molecule has 0 aliphatic rings. The number of carbonyl (C=O) groups excluding carboxylic acids is 1. The van der Waals surface area contributed by atoms with Crippen LogP contribution in [0.25, 0.3) is 11.0 Å². The van der Waals surface area contributed by atoms with E-state index in [-0.39, 0.29) is 18.9 Å². The Balaban J connectivity index is 2.12. The lowest BCUT2D eigenvalue weighted by atomic mass is 10.1. The normalized spacial score (nSPS) is 12.6. The molecule has 2 rings (SSSR count). The van der Waals surface area contributed by atoms with Crippen LogP contribution in [0, 0.1) is 6.92 Å². The van der Waals surface area contributed by atoms with Gasteiger partial charge in [0.25, 0.3) is 0 Å².